The summed E-state index contributed by atoms with van der Waals surface area (Å²) >= 11 is 1.67. The average Bonchev–Trinajstić information content (AvgIpc) is 3.33. The first kappa shape index (κ1) is 14.4. The van der Waals surface area contributed by atoms with Crippen molar-refractivity contribution in [2.75, 3.05) is 6.26 Å². The van der Waals surface area contributed by atoms with E-state index in [4.69, 9.17) is 4.74 Å². The highest BCUT2D eigenvalue weighted by Crippen LogP contribution is 2.27. The lowest BCUT2D eigenvalue weighted by molar-refractivity contribution is 0.441. The molecule has 110 valence electrons. The van der Waals surface area contributed by atoms with Crippen LogP contribution in [0.25, 0.3) is 0 Å². The zero-order valence-electron chi connectivity index (χ0n) is 11.9. The van der Waals surface area contributed by atoms with Gasteiger partial charge in [0.2, 0.25) is 0 Å². The molecule has 0 saturated heterocycles. The van der Waals surface area contributed by atoms with Gasteiger partial charge in [-0.2, -0.15) is 0 Å². The van der Waals surface area contributed by atoms with Crippen molar-refractivity contribution in [1.82, 2.24) is 5.32 Å². The van der Waals surface area contributed by atoms with Crippen LogP contribution in [0.5, 0.6) is 11.5 Å². The summed E-state index contributed by atoms with van der Waals surface area (Å²) in [4.78, 5) is 1.16. The van der Waals surface area contributed by atoms with E-state index in [2.05, 4.69) is 5.32 Å². The predicted molar refractivity (Wildman–Crippen MR) is 84.6 cm³/mol. The number of rotatable bonds is 6. The van der Waals surface area contributed by atoms with Gasteiger partial charge in [-0.05, 0) is 61.1 Å². The van der Waals surface area contributed by atoms with E-state index in [1.54, 1.807) is 23.9 Å². The number of ether oxygens (including phenoxy) is 1. The number of thioether (sulfide) groups is 1. The molecule has 0 amide bonds. The molecule has 1 aliphatic carbocycles. The van der Waals surface area contributed by atoms with Gasteiger partial charge in [-0.25, -0.2) is 4.39 Å². The molecule has 0 aliphatic heterocycles. The van der Waals surface area contributed by atoms with Crippen molar-refractivity contribution in [2.45, 2.75) is 30.3 Å². The summed E-state index contributed by atoms with van der Waals surface area (Å²) < 4.78 is 19.7. The minimum absolute atomic E-state index is 0.266. The molecule has 2 aromatic rings. The van der Waals surface area contributed by atoms with Crippen LogP contribution in [-0.2, 0) is 6.54 Å². The highest BCUT2D eigenvalue weighted by Gasteiger charge is 2.20. The molecule has 1 fully saturated rings. The lowest BCUT2D eigenvalue weighted by atomic mass is 10.2. The van der Waals surface area contributed by atoms with Gasteiger partial charge in [0.15, 0.2) is 11.6 Å². The van der Waals surface area contributed by atoms with Gasteiger partial charge in [-0.3, -0.25) is 0 Å². The molecule has 21 heavy (non-hydrogen) atoms. The number of hydrogen-bond acceptors (Lipinski definition) is 3. The first-order valence-corrected chi connectivity index (χ1v) is 8.31. The molecule has 1 saturated carbocycles. The molecule has 1 aliphatic rings. The van der Waals surface area contributed by atoms with Crippen LogP contribution in [0, 0.1) is 5.82 Å². The molecule has 0 bridgehead atoms. The molecule has 0 heterocycles. The molecular formula is C17H18FNOS. The molecule has 1 N–H and O–H groups in total. The Morgan fingerprint density at radius 3 is 2.57 bits per heavy atom. The van der Waals surface area contributed by atoms with Crippen LogP contribution in [-0.4, -0.2) is 12.3 Å². The third kappa shape index (κ3) is 3.99. The summed E-state index contributed by atoms with van der Waals surface area (Å²) in [5, 5.41) is 3.37. The van der Waals surface area contributed by atoms with Gasteiger partial charge in [0, 0.05) is 17.5 Å². The number of benzene rings is 2. The van der Waals surface area contributed by atoms with Crippen LogP contribution in [0.2, 0.25) is 0 Å². The smallest absolute Gasteiger partial charge is 0.166 e. The Balaban J connectivity index is 1.66. The SMILES string of the molecule is CSc1ccc(Oc2ccc(CNC3CC3)cc2F)cc1. The van der Waals surface area contributed by atoms with Gasteiger partial charge in [-0.1, -0.05) is 6.07 Å². The summed E-state index contributed by atoms with van der Waals surface area (Å²) in [5.41, 5.74) is 0.949. The van der Waals surface area contributed by atoms with Crippen LogP contribution >= 0.6 is 11.8 Å². The van der Waals surface area contributed by atoms with Crippen LogP contribution in [0.1, 0.15) is 18.4 Å². The van der Waals surface area contributed by atoms with E-state index in [1.165, 1.54) is 12.8 Å². The molecule has 2 nitrogen and oxygen atoms in total. The molecule has 4 heteroatoms. The second kappa shape index (κ2) is 6.50. The summed E-state index contributed by atoms with van der Waals surface area (Å²) in [6.07, 6.45) is 4.48. The van der Waals surface area contributed by atoms with Gasteiger partial charge in [0.05, 0.1) is 0 Å². The lowest BCUT2D eigenvalue weighted by Crippen LogP contribution is -2.15. The topological polar surface area (TPSA) is 21.3 Å². The van der Waals surface area contributed by atoms with Crippen LogP contribution in [0.15, 0.2) is 47.4 Å². The van der Waals surface area contributed by atoms with Crippen molar-refractivity contribution in [3.63, 3.8) is 0 Å². The fourth-order valence-corrected chi connectivity index (χ4v) is 2.47. The van der Waals surface area contributed by atoms with E-state index in [9.17, 15) is 4.39 Å². The molecule has 0 atom stereocenters. The predicted octanol–water partition coefficient (Wildman–Crippen LogP) is 4.59. The Morgan fingerprint density at radius 2 is 1.95 bits per heavy atom. The van der Waals surface area contributed by atoms with Crippen LogP contribution in [0.3, 0.4) is 0 Å². The van der Waals surface area contributed by atoms with Crippen molar-refractivity contribution in [2.24, 2.45) is 0 Å². The maximum atomic E-state index is 14.1. The molecule has 0 aromatic heterocycles. The summed E-state index contributed by atoms with van der Waals surface area (Å²) in [6.45, 7) is 0.713. The van der Waals surface area contributed by atoms with Crippen molar-refractivity contribution >= 4 is 11.8 Å². The Hall–Kier alpha value is -1.52. The summed E-state index contributed by atoms with van der Waals surface area (Å²) in [7, 11) is 0. The van der Waals surface area contributed by atoms with Gasteiger partial charge < -0.3 is 10.1 Å². The third-order valence-electron chi connectivity index (χ3n) is 3.46. The monoisotopic (exact) mass is 303 g/mol. The zero-order valence-corrected chi connectivity index (χ0v) is 12.8. The van der Waals surface area contributed by atoms with Crippen molar-refractivity contribution < 1.29 is 9.13 Å². The molecular weight excluding hydrogens is 285 g/mol. The fraction of sp³-hybridized carbons (Fsp3) is 0.294. The standard InChI is InChI=1S/C17H18FNOS/c1-21-15-7-5-14(6-8-15)20-17-9-2-12(10-16(17)18)11-19-13-3-4-13/h2,5-10,13,19H,3-4,11H2,1H3. The highest BCUT2D eigenvalue weighted by atomic mass is 32.2. The molecule has 2 aromatic carbocycles. The third-order valence-corrected chi connectivity index (χ3v) is 4.20. The van der Waals surface area contributed by atoms with Crippen molar-refractivity contribution in [3.05, 3.63) is 53.8 Å². The van der Waals surface area contributed by atoms with E-state index in [0.29, 0.717) is 18.3 Å². The Morgan fingerprint density at radius 1 is 1.19 bits per heavy atom. The van der Waals surface area contributed by atoms with E-state index in [-0.39, 0.29) is 11.6 Å². The van der Waals surface area contributed by atoms with Crippen LogP contribution < -0.4 is 10.1 Å². The Bertz CT molecular complexity index is 611. The molecule has 0 radical (unpaired) electrons. The Labute approximate surface area is 128 Å². The van der Waals surface area contributed by atoms with E-state index in [0.717, 1.165) is 10.5 Å². The quantitative estimate of drug-likeness (QED) is 0.789. The highest BCUT2D eigenvalue weighted by molar-refractivity contribution is 7.98. The van der Waals surface area contributed by atoms with Gasteiger partial charge in [0.1, 0.15) is 5.75 Å². The number of nitrogens with one attached hydrogen (secondary N) is 1. The van der Waals surface area contributed by atoms with Gasteiger partial charge >= 0.3 is 0 Å². The molecule has 0 spiro atoms. The van der Waals surface area contributed by atoms with Crippen molar-refractivity contribution in [3.8, 4) is 11.5 Å². The second-order valence-corrected chi connectivity index (χ2v) is 6.08. The lowest BCUT2D eigenvalue weighted by Gasteiger charge is -2.09. The molecule has 0 unspecified atom stereocenters. The minimum atomic E-state index is -0.320. The normalized spacial score (nSPS) is 14.2. The zero-order chi connectivity index (χ0) is 14.7. The van der Waals surface area contributed by atoms with E-state index in [1.807, 2.05) is 36.6 Å². The number of halogens is 1. The van der Waals surface area contributed by atoms with Gasteiger partial charge in [-0.15, -0.1) is 11.8 Å². The van der Waals surface area contributed by atoms with Crippen LogP contribution in [0.4, 0.5) is 4.39 Å². The first-order valence-electron chi connectivity index (χ1n) is 7.08. The largest absolute Gasteiger partial charge is 0.454 e. The average molecular weight is 303 g/mol. The first-order chi connectivity index (χ1) is 10.2. The number of hydrogen-bond donors (Lipinski definition) is 1. The summed E-state index contributed by atoms with van der Waals surface area (Å²) in [6, 6.07) is 13.4. The fourth-order valence-electron chi connectivity index (χ4n) is 2.06. The maximum absolute atomic E-state index is 14.1. The maximum Gasteiger partial charge on any atom is 0.166 e. The second-order valence-electron chi connectivity index (χ2n) is 5.20. The van der Waals surface area contributed by atoms with Crippen molar-refractivity contribution in [1.29, 1.82) is 0 Å². The summed E-state index contributed by atoms with van der Waals surface area (Å²) in [5.74, 6) is 0.594. The van der Waals surface area contributed by atoms with E-state index < -0.39 is 0 Å². The Kier molecular flexibility index (Phi) is 4.46. The van der Waals surface area contributed by atoms with E-state index >= 15 is 0 Å². The van der Waals surface area contributed by atoms with Gasteiger partial charge in [0.25, 0.3) is 0 Å². The minimum Gasteiger partial charge on any atom is -0.454 e. The molecule has 3 rings (SSSR count).